The van der Waals surface area contributed by atoms with Gasteiger partial charge in [-0.25, -0.2) is 0 Å². The number of hydrogen-bond donors (Lipinski definition) is 1. The van der Waals surface area contributed by atoms with Crippen molar-refractivity contribution in [3.05, 3.63) is 42.5 Å². The van der Waals surface area contributed by atoms with Gasteiger partial charge in [0.25, 0.3) is 0 Å². The number of thioether (sulfide) groups is 1. The summed E-state index contributed by atoms with van der Waals surface area (Å²) in [7, 11) is 0. The first kappa shape index (κ1) is 19.2. The van der Waals surface area contributed by atoms with Crippen molar-refractivity contribution in [1.29, 1.82) is 0 Å². The van der Waals surface area contributed by atoms with E-state index >= 15 is 0 Å². The number of anilines is 1. The molecule has 3 atom stereocenters. The molecule has 2 aliphatic heterocycles. The summed E-state index contributed by atoms with van der Waals surface area (Å²) in [5.74, 6) is 1.50. The van der Waals surface area contributed by atoms with Crippen LogP contribution in [0.3, 0.4) is 0 Å². The fourth-order valence-electron chi connectivity index (χ4n) is 3.83. The van der Waals surface area contributed by atoms with Crippen LogP contribution in [0.2, 0.25) is 0 Å². The maximum Gasteiger partial charge on any atom is 0.207 e. The van der Waals surface area contributed by atoms with Crippen LogP contribution in [0, 0.1) is 5.92 Å². The molecule has 2 saturated heterocycles. The lowest BCUT2D eigenvalue weighted by Crippen LogP contribution is -2.39. The molecule has 0 spiro atoms. The highest BCUT2D eigenvalue weighted by Gasteiger charge is 2.29. The van der Waals surface area contributed by atoms with Crippen LogP contribution in [0.5, 0.6) is 0 Å². The third-order valence-corrected chi connectivity index (χ3v) is 7.10. The van der Waals surface area contributed by atoms with Crippen LogP contribution in [0.25, 0.3) is 11.1 Å². The molecule has 0 aromatic carbocycles. The first-order valence-corrected chi connectivity index (χ1v) is 10.8. The van der Waals surface area contributed by atoms with Gasteiger partial charge in [0.05, 0.1) is 30.8 Å². The second-order valence-electron chi connectivity index (χ2n) is 7.43. The molecule has 6 nitrogen and oxygen atoms in total. The van der Waals surface area contributed by atoms with Gasteiger partial charge in [0.15, 0.2) is 0 Å². The van der Waals surface area contributed by atoms with Crippen LogP contribution in [0.1, 0.15) is 24.3 Å². The van der Waals surface area contributed by atoms with Crippen molar-refractivity contribution in [3.63, 3.8) is 0 Å². The summed E-state index contributed by atoms with van der Waals surface area (Å²) in [6.07, 6.45) is 7.45. The lowest BCUT2D eigenvalue weighted by molar-refractivity contribution is -0.110. The molecule has 0 aliphatic carbocycles. The number of aromatic nitrogens is 2. The highest BCUT2D eigenvalue weighted by molar-refractivity contribution is 7.99. The maximum atomic E-state index is 10.9. The third kappa shape index (κ3) is 4.31. The molecule has 28 heavy (non-hydrogen) atoms. The number of pyridine rings is 2. The van der Waals surface area contributed by atoms with E-state index in [0.717, 1.165) is 67.4 Å². The van der Waals surface area contributed by atoms with Gasteiger partial charge in [0.2, 0.25) is 6.41 Å². The van der Waals surface area contributed by atoms with Crippen molar-refractivity contribution in [2.45, 2.75) is 24.6 Å². The summed E-state index contributed by atoms with van der Waals surface area (Å²) in [6, 6.07) is 6.62. The van der Waals surface area contributed by atoms with E-state index in [4.69, 9.17) is 4.74 Å². The molecular formula is C21H26N4O2S. The van der Waals surface area contributed by atoms with Crippen LogP contribution in [0.15, 0.2) is 36.8 Å². The molecule has 2 aromatic rings. The predicted octanol–water partition coefficient (Wildman–Crippen LogP) is 2.91. The van der Waals surface area contributed by atoms with Gasteiger partial charge in [-0.15, -0.1) is 0 Å². The summed E-state index contributed by atoms with van der Waals surface area (Å²) in [6.45, 7) is 5.51. The second kappa shape index (κ2) is 8.92. The van der Waals surface area contributed by atoms with Gasteiger partial charge in [-0.2, -0.15) is 11.8 Å². The van der Waals surface area contributed by atoms with Crippen molar-refractivity contribution in [3.8, 4) is 11.1 Å². The molecule has 0 radical (unpaired) electrons. The Morgan fingerprint density at radius 3 is 2.93 bits per heavy atom. The van der Waals surface area contributed by atoms with Crippen LogP contribution in [-0.2, 0) is 9.53 Å². The third-order valence-electron chi connectivity index (χ3n) is 5.54. The summed E-state index contributed by atoms with van der Waals surface area (Å²) >= 11 is 1.93. The van der Waals surface area contributed by atoms with Gasteiger partial charge in [-0.1, -0.05) is 6.92 Å². The Morgan fingerprint density at radius 2 is 2.11 bits per heavy atom. The second-order valence-corrected chi connectivity index (χ2v) is 8.66. The molecule has 0 saturated carbocycles. The molecule has 2 aliphatic rings. The molecule has 7 heteroatoms. The molecule has 2 fully saturated rings. The van der Waals surface area contributed by atoms with Gasteiger partial charge in [-0.3, -0.25) is 14.8 Å². The number of morpholine rings is 1. The Morgan fingerprint density at radius 1 is 1.25 bits per heavy atom. The van der Waals surface area contributed by atoms with E-state index in [0.29, 0.717) is 11.2 Å². The van der Waals surface area contributed by atoms with E-state index < -0.39 is 0 Å². The van der Waals surface area contributed by atoms with Crippen LogP contribution in [-0.4, -0.2) is 54.5 Å². The van der Waals surface area contributed by atoms with Crippen molar-refractivity contribution >= 4 is 23.9 Å². The predicted molar refractivity (Wildman–Crippen MR) is 112 cm³/mol. The molecule has 0 bridgehead atoms. The van der Waals surface area contributed by atoms with E-state index in [9.17, 15) is 4.79 Å². The number of carbonyl (C=O) groups is 1. The van der Waals surface area contributed by atoms with Crippen molar-refractivity contribution in [2.75, 3.05) is 37.0 Å². The van der Waals surface area contributed by atoms with E-state index in [1.54, 1.807) is 0 Å². The molecule has 4 rings (SSSR count). The average molecular weight is 399 g/mol. The van der Waals surface area contributed by atoms with Crippen molar-refractivity contribution < 1.29 is 9.53 Å². The molecule has 1 N–H and O–H groups in total. The van der Waals surface area contributed by atoms with E-state index in [2.05, 4.69) is 39.2 Å². The zero-order chi connectivity index (χ0) is 19.3. The van der Waals surface area contributed by atoms with Crippen molar-refractivity contribution in [1.82, 2.24) is 15.3 Å². The van der Waals surface area contributed by atoms with Gasteiger partial charge in [0.1, 0.15) is 0 Å². The van der Waals surface area contributed by atoms with Gasteiger partial charge in [-0.05, 0) is 41.9 Å². The zero-order valence-electron chi connectivity index (χ0n) is 16.1. The van der Waals surface area contributed by atoms with Gasteiger partial charge < -0.3 is 15.0 Å². The average Bonchev–Trinajstić information content (AvgIpc) is 2.76. The van der Waals surface area contributed by atoms with E-state index in [-0.39, 0.29) is 6.04 Å². The Kier molecular flexibility index (Phi) is 6.12. The first-order chi connectivity index (χ1) is 13.7. The molecule has 148 valence electrons. The van der Waals surface area contributed by atoms with Crippen LogP contribution < -0.4 is 10.2 Å². The Bertz CT molecular complexity index is 812. The number of nitrogens with one attached hydrogen (secondary N) is 1. The maximum absolute atomic E-state index is 10.9. The Hall–Kier alpha value is -2.12. The summed E-state index contributed by atoms with van der Waals surface area (Å²) in [5, 5.41) is 3.27. The molecule has 4 heterocycles. The topological polar surface area (TPSA) is 67.3 Å². The number of rotatable bonds is 5. The van der Waals surface area contributed by atoms with Gasteiger partial charge in [0, 0.05) is 42.3 Å². The molecule has 3 unspecified atom stereocenters. The normalized spacial score (nSPS) is 25.3. The number of carbonyl (C=O) groups excluding carboxylic acids is 1. The molecule has 1 amide bonds. The fraction of sp³-hybridized carbons (Fsp3) is 0.476. The lowest BCUT2D eigenvalue weighted by atomic mass is 9.96. The molecule has 2 aromatic heterocycles. The molecular weight excluding hydrogens is 372 g/mol. The van der Waals surface area contributed by atoms with E-state index in [1.165, 1.54) is 0 Å². The lowest BCUT2D eigenvalue weighted by Gasteiger charge is -2.33. The largest absolute Gasteiger partial charge is 0.378 e. The SMILES string of the molecule is CC1CSC(c2cc(-c3cncc(N4CCOCC4)c3)ccn2)CC1NC=O. The van der Waals surface area contributed by atoms with Crippen LogP contribution in [0.4, 0.5) is 5.69 Å². The minimum absolute atomic E-state index is 0.209. The summed E-state index contributed by atoms with van der Waals surface area (Å²) in [4.78, 5) is 22.3. The van der Waals surface area contributed by atoms with E-state index in [1.807, 2.05) is 36.4 Å². The number of amides is 1. The smallest absolute Gasteiger partial charge is 0.207 e. The summed E-state index contributed by atoms with van der Waals surface area (Å²) in [5.41, 5.74) is 4.44. The first-order valence-electron chi connectivity index (χ1n) is 9.80. The number of hydrogen-bond acceptors (Lipinski definition) is 6. The number of ether oxygens (including phenoxy) is 1. The Balaban J connectivity index is 1.55. The number of nitrogens with zero attached hydrogens (tertiary/aromatic N) is 3. The quantitative estimate of drug-likeness (QED) is 0.781. The standard InChI is InChI=1S/C21H26N4O2S/c1-15-13-28-21(10-19(15)24-14-26)20-9-16(2-3-23-20)17-8-18(12-22-11-17)25-4-6-27-7-5-25/h2-3,8-9,11-12,14-15,19,21H,4-7,10,13H2,1H3,(H,24,26). The minimum Gasteiger partial charge on any atom is -0.378 e. The Labute approximate surface area is 170 Å². The minimum atomic E-state index is 0.209. The highest BCUT2D eigenvalue weighted by atomic mass is 32.2. The highest BCUT2D eigenvalue weighted by Crippen LogP contribution is 2.40. The van der Waals surface area contributed by atoms with Crippen molar-refractivity contribution in [2.24, 2.45) is 5.92 Å². The summed E-state index contributed by atoms with van der Waals surface area (Å²) < 4.78 is 5.45. The fourth-order valence-corrected chi connectivity index (χ4v) is 5.24. The zero-order valence-corrected chi connectivity index (χ0v) is 16.9. The van der Waals surface area contributed by atoms with Crippen LogP contribution >= 0.6 is 11.8 Å². The monoisotopic (exact) mass is 398 g/mol. The van der Waals surface area contributed by atoms with Gasteiger partial charge >= 0.3 is 0 Å².